The van der Waals surface area contributed by atoms with Crippen LogP contribution in [0.2, 0.25) is 0 Å². The van der Waals surface area contributed by atoms with Gasteiger partial charge in [0.15, 0.2) is 5.13 Å². The molecule has 0 aliphatic heterocycles. The summed E-state index contributed by atoms with van der Waals surface area (Å²) in [6.07, 6.45) is 2.74. The van der Waals surface area contributed by atoms with Gasteiger partial charge in [-0.05, 0) is 24.1 Å². The van der Waals surface area contributed by atoms with Crippen molar-refractivity contribution in [1.82, 2.24) is 9.97 Å². The summed E-state index contributed by atoms with van der Waals surface area (Å²) in [5.74, 6) is 0.241. The molecule has 122 valence electrons. The molecule has 2 aromatic heterocycles. The van der Waals surface area contributed by atoms with Gasteiger partial charge in [-0.2, -0.15) is 0 Å². The van der Waals surface area contributed by atoms with Crippen molar-refractivity contribution >= 4 is 34.1 Å². The summed E-state index contributed by atoms with van der Waals surface area (Å²) >= 11 is 2.85. The van der Waals surface area contributed by atoms with Gasteiger partial charge in [0.05, 0.1) is 16.5 Å². The van der Waals surface area contributed by atoms with Crippen LogP contribution >= 0.6 is 23.1 Å². The van der Waals surface area contributed by atoms with Gasteiger partial charge in [-0.25, -0.2) is 9.97 Å². The molecule has 1 N–H and O–H groups in total. The largest absolute Gasteiger partial charge is 0.301 e. The van der Waals surface area contributed by atoms with E-state index in [9.17, 15) is 4.79 Å². The smallest absolute Gasteiger partial charge is 0.236 e. The molecule has 0 spiro atoms. The Labute approximate surface area is 149 Å². The average molecular weight is 355 g/mol. The zero-order chi connectivity index (χ0) is 16.8. The van der Waals surface area contributed by atoms with E-state index in [-0.39, 0.29) is 5.91 Å². The molecule has 0 fully saturated rings. The number of thiazole rings is 1. The molecule has 0 radical (unpaired) electrons. The third kappa shape index (κ3) is 4.43. The molecule has 6 heteroatoms. The number of amides is 1. The summed E-state index contributed by atoms with van der Waals surface area (Å²) in [5.41, 5.74) is 3.25. The van der Waals surface area contributed by atoms with E-state index >= 15 is 0 Å². The molecule has 0 atom stereocenters. The van der Waals surface area contributed by atoms with Gasteiger partial charge in [-0.1, -0.05) is 49.0 Å². The number of nitrogens with one attached hydrogen (secondary N) is 1. The minimum absolute atomic E-state index is 0.0760. The van der Waals surface area contributed by atoms with Gasteiger partial charge in [0.2, 0.25) is 5.91 Å². The highest BCUT2D eigenvalue weighted by Crippen LogP contribution is 2.25. The average Bonchev–Trinajstić information content (AvgIpc) is 3.09. The standard InChI is InChI=1S/C18H17N3OS2/c1-2-13-6-8-14(9-7-13)15-11-24-18(20-15)21-16(22)12-23-17-5-3-4-10-19-17/h3-11H,2,12H2,1H3,(H,20,21,22). The Balaban J connectivity index is 1.58. The summed E-state index contributed by atoms with van der Waals surface area (Å²) in [6, 6.07) is 14.0. The fraction of sp³-hybridized carbons (Fsp3) is 0.167. The summed E-state index contributed by atoms with van der Waals surface area (Å²) in [4.78, 5) is 20.7. The normalized spacial score (nSPS) is 10.5. The first-order valence-corrected chi connectivity index (χ1v) is 9.49. The van der Waals surface area contributed by atoms with Crippen molar-refractivity contribution in [3.63, 3.8) is 0 Å². The maximum atomic E-state index is 12.0. The number of pyridine rings is 1. The van der Waals surface area contributed by atoms with E-state index in [1.807, 2.05) is 23.6 Å². The Morgan fingerprint density at radius 1 is 1.21 bits per heavy atom. The number of rotatable bonds is 6. The lowest BCUT2D eigenvalue weighted by molar-refractivity contribution is -0.113. The highest BCUT2D eigenvalue weighted by atomic mass is 32.2. The van der Waals surface area contributed by atoms with Crippen LogP contribution in [0.15, 0.2) is 59.1 Å². The van der Waals surface area contributed by atoms with Gasteiger partial charge < -0.3 is 5.32 Å². The van der Waals surface area contributed by atoms with E-state index in [2.05, 4.69) is 46.5 Å². The summed E-state index contributed by atoms with van der Waals surface area (Å²) in [6.45, 7) is 2.13. The van der Waals surface area contributed by atoms with Gasteiger partial charge in [0.1, 0.15) is 0 Å². The van der Waals surface area contributed by atoms with Crippen LogP contribution < -0.4 is 5.32 Å². The van der Waals surface area contributed by atoms with E-state index in [1.165, 1.54) is 28.7 Å². The molecule has 3 aromatic rings. The lowest BCUT2D eigenvalue weighted by atomic mass is 10.1. The molecule has 0 unspecified atom stereocenters. The van der Waals surface area contributed by atoms with Gasteiger partial charge in [0.25, 0.3) is 0 Å². The van der Waals surface area contributed by atoms with E-state index in [0.29, 0.717) is 10.9 Å². The number of hydrogen-bond donors (Lipinski definition) is 1. The molecule has 0 saturated carbocycles. The van der Waals surface area contributed by atoms with E-state index in [0.717, 1.165) is 22.7 Å². The van der Waals surface area contributed by atoms with Crippen LogP contribution in [0.25, 0.3) is 11.3 Å². The van der Waals surface area contributed by atoms with Gasteiger partial charge in [0, 0.05) is 17.1 Å². The maximum absolute atomic E-state index is 12.0. The lowest BCUT2D eigenvalue weighted by Crippen LogP contribution is -2.13. The van der Waals surface area contributed by atoms with Gasteiger partial charge >= 0.3 is 0 Å². The molecule has 24 heavy (non-hydrogen) atoms. The van der Waals surface area contributed by atoms with Crippen molar-refractivity contribution in [3.05, 3.63) is 59.6 Å². The topological polar surface area (TPSA) is 54.9 Å². The molecule has 0 aliphatic rings. The molecule has 1 aromatic carbocycles. The number of aryl methyl sites for hydroxylation is 1. The van der Waals surface area contributed by atoms with E-state index in [1.54, 1.807) is 6.20 Å². The van der Waals surface area contributed by atoms with Crippen LogP contribution in [0.3, 0.4) is 0 Å². The van der Waals surface area contributed by atoms with Crippen molar-refractivity contribution in [1.29, 1.82) is 0 Å². The monoisotopic (exact) mass is 355 g/mol. The SMILES string of the molecule is CCc1ccc(-c2csc(NC(=O)CSc3ccccn3)n2)cc1. The van der Waals surface area contributed by atoms with Crippen molar-refractivity contribution < 1.29 is 4.79 Å². The van der Waals surface area contributed by atoms with Gasteiger partial charge in [-0.15, -0.1) is 11.3 Å². The molecular weight excluding hydrogens is 338 g/mol. The first kappa shape index (κ1) is 16.7. The molecule has 1 amide bonds. The Hall–Kier alpha value is -2.18. The number of benzene rings is 1. The fourth-order valence-electron chi connectivity index (χ4n) is 2.10. The molecule has 4 nitrogen and oxygen atoms in total. The molecule has 2 heterocycles. The van der Waals surface area contributed by atoms with E-state index < -0.39 is 0 Å². The zero-order valence-corrected chi connectivity index (χ0v) is 14.9. The summed E-state index contributed by atoms with van der Waals surface area (Å²) < 4.78 is 0. The van der Waals surface area contributed by atoms with Crippen LogP contribution in [0.1, 0.15) is 12.5 Å². The molecule has 0 aliphatic carbocycles. The minimum Gasteiger partial charge on any atom is -0.301 e. The van der Waals surface area contributed by atoms with Crippen molar-refractivity contribution in [2.45, 2.75) is 18.4 Å². The molecule has 3 rings (SSSR count). The Bertz CT molecular complexity index is 801. The lowest BCUT2D eigenvalue weighted by Gasteiger charge is -2.01. The summed E-state index contributed by atoms with van der Waals surface area (Å²) in [7, 11) is 0. The molecule has 0 saturated heterocycles. The molecular formula is C18H17N3OS2. The van der Waals surface area contributed by atoms with Crippen LogP contribution in [-0.4, -0.2) is 21.6 Å². The predicted molar refractivity (Wildman–Crippen MR) is 101 cm³/mol. The number of aromatic nitrogens is 2. The summed E-state index contributed by atoms with van der Waals surface area (Å²) in [5, 5.41) is 6.26. The second-order valence-corrected chi connectivity index (χ2v) is 6.95. The Kier molecular flexibility index (Phi) is 5.61. The van der Waals surface area contributed by atoms with Crippen molar-refractivity contribution in [2.75, 3.05) is 11.1 Å². The van der Waals surface area contributed by atoms with Crippen LogP contribution in [0.5, 0.6) is 0 Å². The van der Waals surface area contributed by atoms with Crippen molar-refractivity contribution in [3.8, 4) is 11.3 Å². The fourth-order valence-corrected chi connectivity index (χ4v) is 3.50. The van der Waals surface area contributed by atoms with Crippen LogP contribution in [-0.2, 0) is 11.2 Å². The zero-order valence-electron chi connectivity index (χ0n) is 13.2. The maximum Gasteiger partial charge on any atom is 0.236 e. The number of thioether (sulfide) groups is 1. The third-order valence-electron chi connectivity index (χ3n) is 3.40. The number of carbonyl (C=O) groups is 1. The minimum atomic E-state index is -0.0760. The number of carbonyl (C=O) groups excluding carboxylic acids is 1. The predicted octanol–water partition coefficient (Wildman–Crippen LogP) is 4.50. The van der Waals surface area contributed by atoms with Gasteiger partial charge in [-0.3, -0.25) is 4.79 Å². The highest BCUT2D eigenvalue weighted by Gasteiger charge is 2.09. The second kappa shape index (κ2) is 8.08. The number of anilines is 1. The Morgan fingerprint density at radius 3 is 2.75 bits per heavy atom. The van der Waals surface area contributed by atoms with Crippen LogP contribution in [0, 0.1) is 0 Å². The second-order valence-electron chi connectivity index (χ2n) is 5.09. The van der Waals surface area contributed by atoms with E-state index in [4.69, 9.17) is 0 Å². The molecule has 0 bridgehead atoms. The first-order valence-electron chi connectivity index (χ1n) is 7.63. The Morgan fingerprint density at radius 2 is 2.04 bits per heavy atom. The highest BCUT2D eigenvalue weighted by molar-refractivity contribution is 7.99. The first-order chi connectivity index (χ1) is 11.7. The quantitative estimate of drug-likeness (QED) is 0.662. The number of nitrogens with zero attached hydrogens (tertiary/aromatic N) is 2. The van der Waals surface area contributed by atoms with Crippen LogP contribution in [0.4, 0.5) is 5.13 Å². The number of hydrogen-bond acceptors (Lipinski definition) is 5. The third-order valence-corrected chi connectivity index (χ3v) is 5.10. The van der Waals surface area contributed by atoms with Crippen molar-refractivity contribution in [2.24, 2.45) is 0 Å².